The van der Waals surface area contributed by atoms with Crippen molar-refractivity contribution < 1.29 is 9.34 Å². The molecule has 0 N–H and O–H groups in total. The first kappa shape index (κ1) is 21.8. The Morgan fingerprint density at radius 3 is 2.34 bits per heavy atom. The van der Waals surface area contributed by atoms with Crippen LogP contribution >= 0.6 is 0 Å². The van der Waals surface area contributed by atoms with Crippen molar-refractivity contribution in [2.24, 2.45) is 0 Å². The summed E-state index contributed by atoms with van der Waals surface area (Å²) in [5.74, 6) is 3.04. The molecule has 168 valence electrons. The fourth-order valence-corrected chi connectivity index (χ4v) is 3.73. The van der Waals surface area contributed by atoms with Gasteiger partial charge in [0.1, 0.15) is 11.6 Å². The molecule has 1 atom stereocenters. The Morgan fingerprint density at radius 1 is 1.03 bits per heavy atom. The Bertz CT molecular complexity index is 1090. The van der Waals surface area contributed by atoms with Gasteiger partial charge in [0.15, 0.2) is 0 Å². The normalized spacial score (nSPS) is 15.8. The highest BCUT2D eigenvalue weighted by atomic mass is 16.6. The average Bonchev–Trinajstić information content (AvgIpc) is 3.28. The molecule has 1 fully saturated rings. The van der Waals surface area contributed by atoms with Gasteiger partial charge in [0.05, 0.1) is 11.0 Å². The van der Waals surface area contributed by atoms with Gasteiger partial charge in [-0.05, 0) is 26.0 Å². The number of rotatable bonds is 6. The highest BCUT2D eigenvalue weighted by molar-refractivity contribution is 5.55. The topological polar surface area (TPSA) is 114 Å². The van der Waals surface area contributed by atoms with Gasteiger partial charge in [0.25, 0.3) is 5.69 Å². The Balaban J connectivity index is 1.41. The smallest absolute Gasteiger partial charge is 0.269 e. The van der Waals surface area contributed by atoms with Crippen molar-refractivity contribution in [2.75, 3.05) is 31.1 Å². The van der Waals surface area contributed by atoms with Crippen molar-refractivity contribution >= 4 is 11.5 Å². The molecule has 1 saturated heterocycles. The predicted octanol–water partition coefficient (Wildman–Crippen LogP) is 3.75. The number of aromatic nitrogens is 4. The molecule has 0 saturated carbocycles. The third-order valence-corrected chi connectivity index (χ3v) is 5.68. The van der Waals surface area contributed by atoms with Gasteiger partial charge in [-0.25, -0.2) is 9.97 Å². The summed E-state index contributed by atoms with van der Waals surface area (Å²) >= 11 is 0. The number of piperazine rings is 1. The first-order valence-electron chi connectivity index (χ1n) is 10.7. The Labute approximate surface area is 186 Å². The molecule has 10 nitrogen and oxygen atoms in total. The van der Waals surface area contributed by atoms with E-state index < -0.39 is 4.92 Å². The van der Waals surface area contributed by atoms with E-state index >= 15 is 0 Å². The molecule has 1 unspecified atom stereocenters. The Kier molecular flexibility index (Phi) is 6.13. The Hall–Kier alpha value is -3.40. The summed E-state index contributed by atoms with van der Waals surface area (Å²) in [7, 11) is 0. The lowest BCUT2D eigenvalue weighted by molar-refractivity contribution is -0.384. The van der Waals surface area contributed by atoms with Gasteiger partial charge < -0.3 is 9.32 Å². The second-order valence-electron chi connectivity index (χ2n) is 8.33. The maximum absolute atomic E-state index is 10.8. The molecule has 0 spiro atoms. The number of nitrogens with zero attached hydrogens (tertiary/aromatic N) is 7. The summed E-state index contributed by atoms with van der Waals surface area (Å²) in [6.45, 7) is 11.7. The number of hydrogen-bond donors (Lipinski definition) is 0. The van der Waals surface area contributed by atoms with E-state index in [2.05, 4.69) is 45.8 Å². The number of anilines is 1. The van der Waals surface area contributed by atoms with Gasteiger partial charge in [0, 0.05) is 61.6 Å². The van der Waals surface area contributed by atoms with Gasteiger partial charge in [-0.2, -0.15) is 0 Å². The van der Waals surface area contributed by atoms with Crippen molar-refractivity contribution in [1.29, 1.82) is 0 Å². The van der Waals surface area contributed by atoms with Crippen molar-refractivity contribution in [1.82, 2.24) is 25.1 Å². The van der Waals surface area contributed by atoms with Gasteiger partial charge in [-0.15, -0.1) is 10.2 Å². The van der Waals surface area contributed by atoms with E-state index in [1.807, 2.05) is 13.0 Å². The monoisotopic (exact) mass is 437 g/mol. The van der Waals surface area contributed by atoms with Crippen LogP contribution in [0.15, 0.2) is 34.7 Å². The van der Waals surface area contributed by atoms with E-state index in [4.69, 9.17) is 9.40 Å². The summed E-state index contributed by atoms with van der Waals surface area (Å²) < 4.78 is 5.89. The van der Waals surface area contributed by atoms with Crippen LogP contribution in [0.5, 0.6) is 0 Å². The quantitative estimate of drug-likeness (QED) is 0.420. The summed E-state index contributed by atoms with van der Waals surface area (Å²) in [4.78, 5) is 24.3. The predicted molar refractivity (Wildman–Crippen MR) is 119 cm³/mol. The lowest BCUT2D eigenvalue weighted by atomic mass is 10.2. The lowest BCUT2D eigenvalue weighted by Crippen LogP contribution is -2.47. The first-order chi connectivity index (χ1) is 15.3. The minimum Gasteiger partial charge on any atom is -0.419 e. The highest BCUT2D eigenvalue weighted by Gasteiger charge is 2.27. The molecular formula is C22H27N7O3. The molecule has 3 aromatic rings. The Morgan fingerprint density at radius 2 is 1.72 bits per heavy atom. The summed E-state index contributed by atoms with van der Waals surface area (Å²) in [5.41, 5.74) is 1.67. The van der Waals surface area contributed by atoms with E-state index in [9.17, 15) is 10.1 Å². The molecule has 1 aromatic carbocycles. The van der Waals surface area contributed by atoms with Crippen LogP contribution in [0, 0.1) is 17.0 Å². The number of non-ortho nitro benzene ring substituents is 1. The highest BCUT2D eigenvalue weighted by Crippen LogP contribution is 2.27. The standard InChI is InChI=1S/C22H27N7O3/c1-14(2)20-23-15(3)13-19(24-20)28-11-9-27(10-12-28)16(4)21-25-26-22(32-21)17-5-7-18(8-6-17)29(30)31/h5-8,13-14,16H,9-12H2,1-4H3. The molecule has 1 aliphatic rings. The van der Waals surface area contributed by atoms with Gasteiger partial charge in [-0.3, -0.25) is 15.0 Å². The van der Waals surface area contributed by atoms with Crippen molar-refractivity contribution in [2.45, 2.75) is 39.7 Å². The van der Waals surface area contributed by atoms with Crippen molar-refractivity contribution in [3.05, 3.63) is 57.9 Å². The minimum atomic E-state index is -0.433. The summed E-state index contributed by atoms with van der Waals surface area (Å²) in [5, 5.41) is 19.2. The number of aryl methyl sites for hydroxylation is 1. The lowest BCUT2D eigenvalue weighted by Gasteiger charge is -2.37. The van der Waals surface area contributed by atoms with Gasteiger partial charge in [-0.1, -0.05) is 13.8 Å². The summed E-state index contributed by atoms with van der Waals surface area (Å²) in [6.07, 6.45) is 0. The zero-order chi connectivity index (χ0) is 22.8. The fraction of sp³-hybridized carbons (Fsp3) is 0.455. The molecule has 3 heterocycles. The molecule has 0 aliphatic carbocycles. The molecule has 10 heteroatoms. The number of nitro benzene ring substituents is 1. The maximum Gasteiger partial charge on any atom is 0.269 e. The molecule has 0 radical (unpaired) electrons. The average molecular weight is 438 g/mol. The molecular weight excluding hydrogens is 410 g/mol. The van der Waals surface area contributed by atoms with Crippen LogP contribution in [0.25, 0.3) is 11.5 Å². The summed E-state index contributed by atoms with van der Waals surface area (Å²) in [6, 6.07) is 8.11. The van der Waals surface area contributed by atoms with E-state index in [-0.39, 0.29) is 17.6 Å². The van der Waals surface area contributed by atoms with Crippen LogP contribution in [-0.4, -0.2) is 56.2 Å². The van der Waals surface area contributed by atoms with Crippen LogP contribution < -0.4 is 4.90 Å². The zero-order valence-electron chi connectivity index (χ0n) is 18.7. The van der Waals surface area contributed by atoms with Crippen LogP contribution in [-0.2, 0) is 0 Å². The van der Waals surface area contributed by atoms with E-state index in [1.165, 1.54) is 12.1 Å². The molecule has 32 heavy (non-hydrogen) atoms. The fourth-order valence-electron chi connectivity index (χ4n) is 3.73. The van der Waals surface area contributed by atoms with Gasteiger partial charge >= 0.3 is 0 Å². The number of hydrogen-bond acceptors (Lipinski definition) is 9. The first-order valence-corrected chi connectivity index (χ1v) is 10.7. The zero-order valence-corrected chi connectivity index (χ0v) is 18.7. The number of nitro groups is 1. The van der Waals surface area contributed by atoms with E-state index in [1.54, 1.807) is 12.1 Å². The largest absolute Gasteiger partial charge is 0.419 e. The number of benzene rings is 1. The molecule has 0 bridgehead atoms. The molecule has 0 amide bonds. The molecule has 2 aromatic heterocycles. The SMILES string of the molecule is Cc1cc(N2CCN(C(C)c3nnc(-c4ccc([N+](=O)[O-])cc4)o3)CC2)nc(C(C)C)n1. The van der Waals surface area contributed by atoms with E-state index in [0.717, 1.165) is 43.5 Å². The van der Waals surface area contributed by atoms with Crippen LogP contribution in [0.4, 0.5) is 11.5 Å². The second kappa shape index (κ2) is 8.99. The third-order valence-electron chi connectivity index (χ3n) is 5.68. The molecule has 4 rings (SSSR count). The van der Waals surface area contributed by atoms with E-state index in [0.29, 0.717) is 17.3 Å². The van der Waals surface area contributed by atoms with Crippen molar-refractivity contribution in [3.63, 3.8) is 0 Å². The van der Waals surface area contributed by atoms with Gasteiger partial charge in [0.2, 0.25) is 11.8 Å². The van der Waals surface area contributed by atoms with Crippen molar-refractivity contribution in [3.8, 4) is 11.5 Å². The van der Waals surface area contributed by atoms with Crippen LogP contribution in [0.3, 0.4) is 0 Å². The maximum atomic E-state index is 10.8. The third kappa shape index (κ3) is 4.59. The van der Waals surface area contributed by atoms with Crippen LogP contribution in [0.2, 0.25) is 0 Å². The second-order valence-corrected chi connectivity index (χ2v) is 8.33. The minimum absolute atomic E-state index is 0.0270. The van der Waals surface area contributed by atoms with Crippen LogP contribution in [0.1, 0.15) is 50.1 Å². The molecule has 1 aliphatic heterocycles.